The number of anilines is 1. The van der Waals surface area contributed by atoms with E-state index in [-0.39, 0.29) is 0 Å². The summed E-state index contributed by atoms with van der Waals surface area (Å²) >= 11 is 5.72. The molecule has 1 aromatic carbocycles. The van der Waals surface area contributed by atoms with E-state index < -0.39 is 11.9 Å². The van der Waals surface area contributed by atoms with Crippen LogP contribution in [0.4, 0.5) is 5.69 Å². The van der Waals surface area contributed by atoms with Crippen LogP contribution in [0.2, 0.25) is 5.02 Å². The molecule has 0 atom stereocenters. The zero-order chi connectivity index (χ0) is 14.1. The molecule has 0 aliphatic carbocycles. The highest BCUT2D eigenvalue weighted by Crippen LogP contribution is 2.13. The molecule has 0 aliphatic heterocycles. The summed E-state index contributed by atoms with van der Waals surface area (Å²) in [5.41, 5.74) is 0.610. The van der Waals surface area contributed by atoms with Gasteiger partial charge >= 0.3 is 5.97 Å². The molecule has 0 aromatic heterocycles. The Labute approximate surface area is 117 Å². The van der Waals surface area contributed by atoms with Crippen LogP contribution in [0.5, 0.6) is 0 Å². The van der Waals surface area contributed by atoms with Gasteiger partial charge in [0.2, 0.25) is 5.91 Å². The smallest absolute Gasteiger partial charge is 0.330 e. The number of benzene rings is 1. The molecule has 1 rings (SSSR count). The Hall–Kier alpha value is -1.81. The number of carbonyl (C=O) groups is 2. The molecular formula is C14H16ClNO3. The van der Waals surface area contributed by atoms with Crippen LogP contribution < -0.4 is 5.32 Å². The quantitative estimate of drug-likeness (QED) is 0.495. The van der Waals surface area contributed by atoms with Crippen LogP contribution in [0, 0.1) is 0 Å². The minimum absolute atomic E-state index is 0.373. The summed E-state index contributed by atoms with van der Waals surface area (Å²) in [4.78, 5) is 22.7. The zero-order valence-electron chi connectivity index (χ0n) is 10.7. The number of esters is 1. The van der Waals surface area contributed by atoms with Gasteiger partial charge in [-0.25, -0.2) is 4.79 Å². The van der Waals surface area contributed by atoms with Gasteiger partial charge in [0.05, 0.1) is 6.61 Å². The average molecular weight is 282 g/mol. The van der Waals surface area contributed by atoms with Gasteiger partial charge in [0.15, 0.2) is 0 Å². The second-order valence-electron chi connectivity index (χ2n) is 3.85. The highest BCUT2D eigenvalue weighted by atomic mass is 35.5. The third kappa shape index (κ3) is 6.62. The number of rotatable bonds is 6. The zero-order valence-corrected chi connectivity index (χ0v) is 11.4. The lowest BCUT2D eigenvalue weighted by Crippen LogP contribution is -2.09. The molecular weight excluding hydrogens is 266 g/mol. The number of unbranched alkanes of at least 4 members (excludes halogenated alkanes) is 1. The summed E-state index contributed by atoms with van der Waals surface area (Å²) in [5.74, 6) is -0.908. The van der Waals surface area contributed by atoms with Gasteiger partial charge < -0.3 is 10.1 Å². The maximum atomic E-state index is 11.5. The SMILES string of the molecule is CCCCOC(=O)/C=C/C(=O)Nc1ccc(Cl)cc1. The first-order valence-electron chi connectivity index (χ1n) is 6.03. The Balaban J connectivity index is 2.38. The maximum Gasteiger partial charge on any atom is 0.330 e. The minimum atomic E-state index is -0.514. The van der Waals surface area contributed by atoms with E-state index in [1.807, 2.05) is 6.92 Å². The van der Waals surface area contributed by atoms with Crippen molar-refractivity contribution in [3.05, 3.63) is 41.4 Å². The van der Waals surface area contributed by atoms with Crippen molar-refractivity contribution in [3.63, 3.8) is 0 Å². The van der Waals surface area contributed by atoms with E-state index in [4.69, 9.17) is 16.3 Å². The first kappa shape index (κ1) is 15.2. The van der Waals surface area contributed by atoms with Gasteiger partial charge in [0, 0.05) is 22.9 Å². The molecule has 0 spiro atoms. The molecule has 0 unspecified atom stereocenters. The van der Waals surface area contributed by atoms with E-state index in [9.17, 15) is 9.59 Å². The predicted octanol–water partition coefficient (Wildman–Crippen LogP) is 3.18. The van der Waals surface area contributed by atoms with Crippen molar-refractivity contribution in [2.75, 3.05) is 11.9 Å². The van der Waals surface area contributed by atoms with Crippen molar-refractivity contribution in [1.29, 1.82) is 0 Å². The summed E-state index contributed by atoms with van der Waals surface area (Å²) in [6, 6.07) is 6.68. The first-order valence-corrected chi connectivity index (χ1v) is 6.41. The van der Waals surface area contributed by atoms with Gasteiger partial charge in [-0.1, -0.05) is 24.9 Å². The second-order valence-corrected chi connectivity index (χ2v) is 4.29. The molecule has 19 heavy (non-hydrogen) atoms. The molecule has 1 amide bonds. The summed E-state index contributed by atoms with van der Waals surface area (Å²) in [5, 5.41) is 3.19. The molecule has 1 N–H and O–H groups in total. The van der Waals surface area contributed by atoms with Crippen molar-refractivity contribution in [1.82, 2.24) is 0 Å². The average Bonchev–Trinajstić information content (AvgIpc) is 2.39. The third-order valence-corrected chi connectivity index (χ3v) is 2.48. The minimum Gasteiger partial charge on any atom is -0.463 e. The van der Waals surface area contributed by atoms with Gasteiger partial charge in [-0.2, -0.15) is 0 Å². The Kier molecular flexibility index (Phi) is 6.68. The molecule has 0 aliphatic rings. The van der Waals surface area contributed by atoms with Crippen molar-refractivity contribution < 1.29 is 14.3 Å². The number of amides is 1. The number of nitrogens with one attached hydrogen (secondary N) is 1. The molecule has 5 heteroatoms. The Morgan fingerprint density at radius 1 is 1.26 bits per heavy atom. The lowest BCUT2D eigenvalue weighted by Gasteiger charge is -2.02. The number of halogens is 1. The third-order valence-electron chi connectivity index (χ3n) is 2.22. The van der Waals surface area contributed by atoms with Crippen LogP contribution in [0.1, 0.15) is 19.8 Å². The molecule has 102 valence electrons. The van der Waals surface area contributed by atoms with Gasteiger partial charge in [-0.3, -0.25) is 4.79 Å². The van der Waals surface area contributed by atoms with Crippen LogP contribution in [-0.2, 0) is 14.3 Å². The van der Waals surface area contributed by atoms with E-state index in [0.29, 0.717) is 17.3 Å². The Morgan fingerprint density at radius 3 is 2.58 bits per heavy atom. The molecule has 4 nitrogen and oxygen atoms in total. The number of carbonyl (C=O) groups excluding carboxylic acids is 2. The second kappa shape index (κ2) is 8.32. The van der Waals surface area contributed by atoms with Crippen LogP contribution in [-0.4, -0.2) is 18.5 Å². The fourth-order valence-electron chi connectivity index (χ4n) is 1.23. The maximum absolute atomic E-state index is 11.5. The Morgan fingerprint density at radius 2 is 1.95 bits per heavy atom. The van der Waals surface area contributed by atoms with E-state index in [1.165, 1.54) is 0 Å². The Bertz CT molecular complexity index is 454. The fraction of sp³-hybridized carbons (Fsp3) is 0.286. The van der Waals surface area contributed by atoms with Crippen LogP contribution in [0.25, 0.3) is 0 Å². The van der Waals surface area contributed by atoms with E-state index in [1.54, 1.807) is 24.3 Å². The molecule has 0 saturated heterocycles. The molecule has 0 saturated carbocycles. The molecule has 0 radical (unpaired) electrons. The summed E-state index contributed by atoms with van der Waals surface area (Å²) < 4.78 is 4.88. The molecule has 1 aromatic rings. The largest absolute Gasteiger partial charge is 0.463 e. The van der Waals surface area contributed by atoms with Crippen LogP contribution >= 0.6 is 11.6 Å². The van der Waals surface area contributed by atoms with Crippen molar-refractivity contribution >= 4 is 29.2 Å². The highest BCUT2D eigenvalue weighted by molar-refractivity contribution is 6.30. The summed E-state index contributed by atoms with van der Waals surface area (Å²) in [7, 11) is 0. The summed E-state index contributed by atoms with van der Waals surface area (Å²) in [6.45, 7) is 2.38. The normalized spacial score (nSPS) is 10.4. The van der Waals surface area contributed by atoms with Gasteiger partial charge in [0.25, 0.3) is 0 Å². The molecule has 0 bridgehead atoms. The van der Waals surface area contributed by atoms with Gasteiger partial charge in [-0.15, -0.1) is 0 Å². The number of hydrogen-bond donors (Lipinski definition) is 1. The van der Waals surface area contributed by atoms with E-state index in [0.717, 1.165) is 25.0 Å². The topological polar surface area (TPSA) is 55.4 Å². The van der Waals surface area contributed by atoms with E-state index >= 15 is 0 Å². The monoisotopic (exact) mass is 281 g/mol. The summed E-state index contributed by atoms with van der Waals surface area (Å²) in [6.07, 6.45) is 4.02. The number of ether oxygens (including phenoxy) is 1. The van der Waals surface area contributed by atoms with Gasteiger partial charge in [-0.05, 0) is 30.7 Å². The van der Waals surface area contributed by atoms with Gasteiger partial charge in [0.1, 0.15) is 0 Å². The van der Waals surface area contributed by atoms with Crippen molar-refractivity contribution in [2.45, 2.75) is 19.8 Å². The lowest BCUT2D eigenvalue weighted by atomic mass is 10.3. The van der Waals surface area contributed by atoms with Crippen LogP contribution in [0.3, 0.4) is 0 Å². The molecule has 0 heterocycles. The molecule has 0 fully saturated rings. The predicted molar refractivity (Wildman–Crippen MR) is 75.1 cm³/mol. The van der Waals surface area contributed by atoms with Crippen molar-refractivity contribution in [2.24, 2.45) is 0 Å². The highest BCUT2D eigenvalue weighted by Gasteiger charge is 2.00. The van der Waals surface area contributed by atoms with E-state index in [2.05, 4.69) is 5.32 Å². The lowest BCUT2D eigenvalue weighted by molar-refractivity contribution is -0.138. The number of hydrogen-bond acceptors (Lipinski definition) is 3. The first-order chi connectivity index (χ1) is 9.11. The van der Waals surface area contributed by atoms with Crippen molar-refractivity contribution in [3.8, 4) is 0 Å². The van der Waals surface area contributed by atoms with Crippen LogP contribution in [0.15, 0.2) is 36.4 Å². The fourth-order valence-corrected chi connectivity index (χ4v) is 1.35. The standard InChI is InChI=1S/C14H16ClNO3/c1-2-3-10-19-14(18)9-8-13(17)16-12-6-4-11(15)5-7-12/h4-9H,2-3,10H2,1H3,(H,16,17)/b9-8+.